The lowest BCUT2D eigenvalue weighted by Crippen LogP contribution is -2.33. The number of aryl methyl sites for hydroxylation is 1. The van der Waals surface area contributed by atoms with Crippen LogP contribution in [0.1, 0.15) is 46.4 Å². The molecule has 1 aliphatic rings. The number of esters is 1. The van der Waals surface area contributed by atoms with Gasteiger partial charge in [-0.3, -0.25) is 4.90 Å². The maximum Gasteiger partial charge on any atom is 0.338 e. The standard InChI is InChI=1S/C25H30N2O2/c1-19-20(2)27(18-21-9-5-3-6-10-21)24-12-11-22(17-23(19)24)25(28)29-16-15-26-13-7-4-8-14-26/h3,5-6,9-12,17H,4,7-8,13-16,18H2,1-2H3. The van der Waals surface area contributed by atoms with Crippen LogP contribution in [0, 0.1) is 13.8 Å². The monoisotopic (exact) mass is 390 g/mol. The van der Waals surface area contributed by atoms with Gasteiger partial charge in [-0.25, -0.2) is 4.79 Å². The summed E-state index contributed by atoms with van der Waals surface area (Å²) in [6.07, 6.45) is 3.82. The molecule has 0 saturated carbocycles. The summed E-state index contributed by atoms with van der Waals surface area (Å²) in [5.41, 5.74) is 5.52. The predicted molar refractivity (Wildman–Crippen MR) is 118 cm³/mol. The number of aromatic nitrogens is 1. The van der Waals surface area contributed by atoms with E-state index in [-0.39, 0.29) is 5.97 Å². The van der Waals surface area contributed by atoms with Crippen molar-refractivity contribution in [1.82, 2.24) is 9.47 Å². The fourth-order valence-corrected chi connectivity index (χ4v) is 4.28. The van der Waals surface area contributed by atoms with Crippen LogP contribution in [0.2, 0.25) is 0 Å². The van der Waals surface area contributed by atoms with Crippen molar-refractivity contribution in [1.29, 1.82) is 0 Å². The molecule has 1 saturated heterocycles. The fourth-order valence-electron chi connectivity index (χ4n) is 4.28. The van der Waals surface area contributed by atoms with Crippen LogP contribution in [-0.4, -0.2) is 41.7 Å². The first kappa shape index (κ1) is 19.7. The number of hydrogen-bond donors (Lipinski definition) is 0. The molecule has 2 heterocycles. The van der Waals surface area contributed by atoms with E-state index >= 15 is 0 Å². The van der Waals surface area contributed by atoms with Crippen molar-refractivity contribution in [2.24, 2.45) is 0 Å². The number of hydrogen-bond acceptors (Lipinski definition) is 3. The van der Waals surface area contributed by atoms with Crippen molar-refractivity contribution in [3.63, 3.8) is 0 Å². The molecule has 1 aliphatic heterocycles. The molecule has 4 rings (SSSR count). The Morgan fingerprint density at radius 3 is 2.52 bits per heavy atom. The highest BCUT2D eigenvalue weighted by Crippen LogP contribution is 2.27. The topological polar surface area (TPSA) is 34.5 Å². The number of carbonyl (C=O) groups excluding carboxylic acids is 1. The molecule has 0 aliphatic carbocycles. The second-order valence-corrected chi connectivity index (χ2v) is 8.05. The SMILES string of the molecule is Cc1c(C)n(Cc2ccccc2)c2ccc(C(=O)OCCN3CCCCC3)cc12. The van der Waals surface area contributed by atoms with E-state index in [0.717, 1.165) is 37.1 Å². The Morgan fingerprint density at radius 1 is 1.00 bits per heavy atom. The second-order valence-electron chi connectivity index (χ2n) is 8.05. The van der Waals surface area contributed by atoms with Gasteiger partial charge in [-0.1, -0.05) is 36.8 Å². The van der Waals surface area contributed by atoms with Gasteiger partial charge in [0.15, 0.2) is 0 Å². The van der Waals surface area contributed by atoms with Crippen LogP contribution in [0.25, 0.3) is 10.9 Å². The number of rotatable bonds is 6. The van der Waals surface area contributed by atoms with Crippen LogP contribution in [0.15, 0.2) is 48.5 Å². The van der Waals surface area contributed by atoms with Crippen LogP contribution in [0.5, 0.6) is 0 Å². The number of ether oxygens (including phenoxy) is 1. The summed E-state index contributed by atoms with van der Waals surface area (Å²) in [5.74, 6) is -0.225. The lowest BCUT2D eigenvalue weighted by Gasteiger charge is -2.25. The number of fused-ring (bicyclic) bond motifs is 1. The zero-order valence-electron chi connectivity index (χ0n) is 17.5. The number of nitrogens with zero attached hydrogens (tertiary/aromatic N) is 2. The van der Waals surface area contributed by atoms with Gasteiger partial charge in [0.2, 0.25) is 0 Å². The summed E-state index contributed by atoms with van der Waals surface area (Å²) in [6, 6.07) is 16.4. The number of carbonyl (C=O) groups is 1. The third-order valence-electron chi connectivity index (χ3n) is 6.15. The Bertz CT molecular complexity index is 985. The summed E-state index contributed by atoms with van der Waals surface area (Å²) < 4.78 is 7.89. The number of piperidine rings is 1. The van der Waals surface area contributed by atoms with Crippen LogP contribution in [-0.2, 0) is 11.3 Å². The fraction of sp³-hybridized carbons (Fsp3) is 0.400. The normalized spacial score (nSPS) is 15.0. The van der Waals surface area contributed by atoms with E-state index in [1.54, 1.807) is 0 Å². The van der Waals surface area contributed by atoms with Gasteiger partial charge in [0.05, 0.1) is 5.56 Å². The maximum atomic E-state index is 12.6. The van der Waals surface area contributed by atoms with Gasteiger partial charge in [-0.15, -0.1) is 0 Å². The number of benzene rings is 2. The van der Waals surface area contributed by atoms with Gasteiger partial charge in [-0.2, -0.15) is 0 Å². The van der Waals surface area contributed by atoms with Crippen LogP contribution < -0.4 is 0 Å². The smallest absolute Gasteiger partial charge is 0.338 e. The highest BCUT2D eigenvalue weighted by atomic mass is 16.5. The molecule has 29 heavy (non-hydrogen) atoms. The first-order valence-electron chi connectivity index (χ1n) is 10.7. The van der Waals surface area contributed by atoms with Gasteiger partial charge in [0.1, 0.15) is 6.61 Å². The van der Waals surface area contributed by atoms with E-state index in [1.165, 1.54) is 36.1 Å². The largest absolute Gasteiger partial charge is 0.461 e. The molecule has 3 aromatic rings. The Morgan fingerprint density at radius 2 is 1.76 bits per heavy atom. The molecule has 0 bridgehead atoms. The van der Waals surface area contributed by atoms with Gasteiger partial charge >= 0.3 is 5.97 Å². The van der Waals surface area contributed by atoms with E-state index < -0.39 is 0 Å². The van der Waals surface area contributed by atoms with E-state index in [2.05, 4.69) is 53.6 Å². The highest BCUT2D eigenvalue weighted by Gasteiger charge is 2.16. The van der Waals surface area contributed by atoms with Crippen molar-refractivity contribution in [3.8, 4) is 0 Å². The Labute approximate surface area is 173 Å². The minimum absolute atomic E-state index is 0.225. The zero-order chi connectivity index (χ0) is 20.2. The van der Waals surface area contributed by atoms with Crippen molar-refractivity contribution in [3.05, 3.63) is 70.9 Å². The Hall–Kier alpha value is -2.59. The first-order valence-corrected chi connectivity index (χ1v) is 10.7. The van der Waals surface area contributed by atoms with E-state index in [9.17, 15) is 4.79 Å². The van der Waals surface area contributed by atoms with Gasteiger partial charge in [0.25, 0.3) is 0 Å². The molecule has 0 unspecified atom stereocenters. The van der Waals surface area contributed by atoms with Crippen molar-refractivity contribution in [2.75, 3.05) is 26.2 Å². The zero-order valence-corrected chi connectivity index (χ0v) is 17.5. The molecule has 0 spiro atoms. The van der Waals surface area contributed by atoms with Crippen LogP contribution in [0.4, 0.5) is 0 Å². The quantitative estimate of drug-likeness (QED) is 0.559. The molecular formula is C25H30N2O2. The summed E-state index contributed by atoms with van der Waals surface area (Å²) in [7, 11) is 0. The average Bonchev–Trinajstić information content (AvgIpc) is 2.99. The first-order chi connectivity index (χ1) is 14.1. The lowest BCUT2D eigenvalue weighted by atomic mass is 10.1. The third kappa shape index (κ3) is 4.38. The maximum absolute atomic E-state index is 12.6. The van der Waals surface area contributed by atoms with Crippen molar-refractivity contribution in [2.45, 2.75) is 39.7 Å². The highest BCUT2D eigenvalue weighted by molar-refractivity contribution is 5.96. The van der Waals surface area contributed by atoms with Crippen LogP contribution in [0.3, 0.4) is 0 Å². The molecule has 0 radical (unpaired) electrons. The van der Waals surface area contributed by atoms with E-state index in [1.807, 2.05) is 18.2 Å². The van der Waals surface area contributed by atoms with Gasteiger partial charge in [-0.05, 0) is 69.1 Å². The Kier molecular flexibility index (Phi) is 6.00. The summed E-state index contributed by atoms with van der Waals surface area (Å²) in [4.78, 5) is 15.0. The molecule has 4 nitrogen and oxygen atoms in total. The lowest BCUT2D eigenvalue weighted by molar-refractivity contribution is 0.0452. The molecule has 0 atom stereocenters. The molecule has 1 aromatic heterocycles. The van der Waals surface area contributed by atoms with Crippen molar-refractivity contribution >= 4 is 16.9 Å². The average molecular weight is 391 g/mol. The predicted octanol–water partition coefficient (Wildman–Crippen LogP) is 4.95. The summed E-state index contributed by atoms with van der Waals surface area (Å²) in [6.45, 7) is 8.65. The second kappa shape index (κ2) is 8.83. The van der Waals surface area contributed by atoms with E-state index in [0.29, 0.717) is 12.2 Å². The molecule has 0 amide bonds. The Balaban J connectivity index is 1.48. The minimum atomic E-state index is -0.225. The molecule has 0 N–H and O–H groups in total. The molecule has 2 aromatic carbocycles. The van der Waals surface area contributed by atoms with Gasteiger partial charge < -0.3 is 9.30 Å². The van der Waals surface area contributed by atoms with Crippen LogP contribution >= 0.6 is 0 Å². The van der Waals surface area contributed by atoms with Crippen molar-refractivity contribution < 1.29 is 9.53 Å². The molecule has 1 fully saturated rings. The van der Waals surface area contributed by atoms with Gasteiger partial charge in [0, 0.05) is 29.7 Å². The molecule has 152 valence electrons. The third-order valence-corrected chi connectivity index (χ3v) is 6.15. The molecule has 4 heteroatoms. The van der Waals surface area contributed by atoms with E-state index in [4.69, 9.17) is 4.74 Å². The molecular weight excluding hydrogens is 360 g/mol. The summed E-state index contributed by atoms with van der Waals surface area (Å²) in [5, 5.41) is 1.13. The number of likely N-dealkylation sites (tertiary alicyclic amines) is 1. The minimum Gasteiger partial charge on any atom is -0.461 e. The summed E-state index contributed by atoms with van der Waals surface area (Å²) >= 11 is 0.